The van der Waals surface area contributed by atoms with Crippen LogP contribution in [0.1, 0.15) is 23.7 Å². The number of rotatable bonds is 11. The van der Waals surface area contributed by atoms with Gasteiger partial charge in [-0.15, -0.1) is 0 Å². The number of nitrogens with zero attached hydrogens (tertiary/aromatic N) is 2. The van der Waals surface area contributed by atoms with Gasteiger partial charge in [0, 0.05) is 32.7 Å². The number of hydrogen-bond donors (Lipinski definition) is 1. The van der Waals surface area contributed by atoms with Gasteiger partial charge in [-0.3, -0.25) is 9.69 Å². The van der Waals surface area contributed by atoms with Gasteiger partial charge < -0.3 is 19.7 Å². The minimum Gasteiger partial charge on any atom is -0.495 e. The lowest BCUT2D eigenvalue weighted by Gasteiger charge is -2.36. The molecule has 1 atom stereocenters. The molecule has 3 aromatic rings. The summed E-state index contributed by atoms with van der Waals surface area (Å²) in [4.78, 5) is 17.8. The molecular weight excluding hydrogens is 438 g/mol. The number of piperazine rings is 1. The van der Waals surface area contributed by atoms with E-state index in [1.807, 2.05) is 72.8 Å². The summed E-state index contributed by atoms with van der Waals surface area (Å²) >= 11 is 0. The van der Waals surface area contributed by atoms with Crippen LogP contribution in [0.3, 0.4) is 0 Å². The molecule has 4 rings (SSSR count). The summed E-state index contributed by atoms with van der Waals surface area (Å²) in [5.41, 5.74) is 3.08. The second kappa shape index (κ2) is 12.9. The number of carbonyl (C=O) groups is 1. The second-order valence-corrected chi connectivity index (χ2v) is 8.73. The maximum absolute atomic E-state index is 13.0. The molecule has 0 saturated carbocycles. The van der Waals surface area contributed by atoms with Crippen molar-refractivity contribution in [3.63, 3.8) is 0 Å². The lowest BCUT2D eigenvalue weighted by Crippen LogP contribution is -2.47. The van der Waals surface area contributed by atoms with Crippen LogP contribution in [0, 0.1) is 0 Å². The van der Waals surface area contributed by atoms with Crippen LogP contribution in [-0.2, 0) is 16.1 Å². The SMILES string of the molecule is COc1ccccc1N1CCN(CCCNC(=O)C(OCc2ccccc2)c2ccccc2)CC1. The van der Waals surface area contributed by atoms with Crippen LogP contribution in [-0.4, -0.2) is 57.2 Å². The number of hydrogen-bond acceptors (Lipinski definition) is 5. The van der Waals surface area contributed by atoms with Gasteiger partial charge in [-0.2, -0.15) is 0 Å². The zero-order chi connectivity index (χ0) is 24.3. The van der Waals surface area contributed by atoms with Crippen LogP contribution in [0.5, 0.6) is 5.75 Å². The average molecular weight is 474 g/mol. The molecule has 0 bridgehead atoms. The average Bonchev–Trinajstić information content (AvgIpc) is 2.93. The Bertz CT molecular complexity index is 1040. The predicted octanol–water partition coefficient (Wildman–Crippen LogP) is 4.28. The molecule has 0 aromatic heterocycles. The van der Waals surface area contributed by atoms with Crippen molar-refractivity contribution in [2.24, 2.45) is 0 Å². The monoisotopic (exact) mass is 473 g/mol. The largest absolute Gasteiger partial charge is 0.495 e. The van der Waals surface area contributed by atoms with Crippen LogP contribution in [0.25, 0.3) is 0 Å². The van der Waals surface area contributed by atoms with Gasteiger partial charge in [0.2, 0.25) is 0 Å². The normalized spacial score (nSPS) is 14.9. The summed E-state index contributed by atoms with van der Waals surface area (Å²) in [5.74, 6) is 0.833. The number of nitrogens with one attached hydrogen (secondary N) is 1. The first kappa shape index (κ1) is 24.8. The van der Waals surface area contributed by atoms with E-state index in [0.29, 0.717) is 13.2 Å². The van der Waals surface area contributed by atoms with Gasteiger partial charge in [-0.25, -0.2) is 0 Å². The van der Waals surface area contributed by atoms with Gasteiger partial charge in [0.1, 0.15) is 5.75 Å². The molecule has 6 nitrogen and oxygen atoms in total. The van der Waals surface area contributed by atoms with E-state index in [4.69, 9.17) is 9.47 Å². The minimum atomic E-state index is -0.624. The topological polar surface area (TPSA) is 54.0 Å². The van der Waals surface area contributed by atoms with E-state index in [-0.39, 0.29) is 5.91 Å². The zero-order valence-corrected chi connectivity index (χ0v) is 20.4. The third kappa shape index (κ3) is 7.07. The Hall–Kier alpha value is -3.35. The lowest BCUT2D eigenvalue weighted by molar-refractivity contribution is -0.134. The van der Waals surface area contributed by atoms with Crippen LogP contribution in [0.15, 0.2) is 84.9 Å². The molecule has 1 saturated heterocycles. The van der Waals surface area contributed by atoms with Crippen molar-refractivity contribution in [3.8, 4) is 5.75 Å². The van der Waals surface area contributed by atoms with Crippen LogP contribution in [0.2, 0.25) is 0 Å². The Kier molecular flexibility index (Phi) is 9.15. The molecule has 0 radical (unpaired) electrons. The van der Waals surface area contributed by atoms with Gasteiger partial charge in [0.25, 0.3) is 5.91 Å². The molecule has 1 N–H and O–H groups in total. The summed E-state index contributed by atoms with van der Waals surface area (Å²) in [6, 6.07) is 27.8. The Labute approximate surface area is 208 Å². The van der Waals surface area contributed by atoms with Gasteiger partial charge in [-0.05, 0) is 36.2 Å². The van der Waals surface area contributed by atoms with Crippen LogP contribution in [0.4, 0.5) is 5.69 Å². The van der Waals surface area contributed by atoms with E-state index in [1.54, 1.807) is 7.11 Å². The van der Waals surface area contributed by atoms with Crippen LogP contribution < -0.4 is 15.0 Å². The van der Waals surface area contributed by atoms with Crippen molar-refractivity contribution < 1.29 is 14.3 Å². The quantitative estimate of drug-likeness (QED) is 0.421. The number of anilines is 1. The number of ether oxygens (including phenoxy) is 2. The first-order valence-electron chi connectivity index (χ1n) is 12.3. The van der Waals surface area contributed by atoms with Crippen molar-refractivity contribution >= 4 is 11.6 Å². The Morgan fingerprint density at radius 3 is 2.26 bits per heavy atom. The van der Waals surface area contributed by atoms with Gasteiger partial charge in [0.15, 0.2) is 6.10 Å². The fraction of sp³-hybridized carbons (Fsp3) is 0.345. The van der Waals surface area contributed by atoms with E-state index >= 15 is 0 Å². The molecule has 3 aromatic carbocycles. The number of para-hydroxylation sites is 2. The summed E-state index contributed by atoms with van der Waals surface area (Å²) in [6.07, 6.45) is 0.279. The third-order valence-corrected chi connectivity index (χ3v) is 6.35. The van der Waals surface area contributed by atoms with Gasteiger partial charge in [0.05, 0.1) is 19.4 Å². The summed E-state index contributed by atoms with van der Waals surface area (Å²) in [6.45, 7) is 5.92. The van der Waals surface area contributed by atoms with Crippen molar-refractivity contribution in [3.05, 3.63) is 96.1 Å². The summed E-state index contributed by atoms with van der Waals surface area (Å²) in [5, 5.41) is 3.09. The maximum Gasteiger partial charge on any atom is 0.253 e. The molecule has 1 heterocycles. The number of benzene rings is 3. The van der Waals surface area contributed by atoms with E-state index in [9.17, 15) is 4.79 Å². The molecule has 0 spiro atoms. The van der Waals surface area contributed by atoms with E-state index in [1.165, 1.54) is 0 Å². The standard InChI is InChI=1S/C29H35N3O3/c1-34-27-16-9-8-15-26(27)32-21-19-31(20-22-32)18-10-17-30-29(33)28(25-13-6-3-7-14-25)35-23-24-11-4-2-5-12-24/h2-9,11-16,28H,10,17-23H2,1H3,(H,30,33). The maximum atomic E-state index is 13.0. The second-order valence-electron chi connectivity index (χ2n) is 8.73. The van der Waals surface area contributed by atoms with Crippen molar-refractivity contribution in [2.45, 2.75) is 19.1 Å². The molecule has 1 fully saturated rings. The third-order valence-electron chi connectivity index (χ3n) is 6.35. The molecule has 35 heavy (non-hydrogen) atoms. The fourth-order valence-corrected chi connectivity index (χ4v) is 4.42. The molecule has 6 heteroatoms. The minimum absolute atomic E-state index is 0.0897. The molecule has 1 amide bonds. The van der Waals surface area contributed by atoms with E-state index in [2.05, 4.69) is 27.2 Å². The Morgan fingerprint density at radius 1 is 0.886 bits per heavy atom. The molecule has 1 aliphatic heterocycles. The highest BCUT2D eigenvalue weighted by Crippen LogP contribution is 2.28. The first-order valence-corrected chi connectivity index (χ1v) is 12.3. The zero-order valence-electron chi connectivity index (χ0n) is 20.4. The molecule has 0 aliphatic carbocycles. The highest BCUT2D eigenvalue weighted by Gasteiger charge is 2.22. The fourth-order valence-electron chi connectivity index (χ4n) is 4.42. The summed E-state index contributed by atoms with van der Waals surface area (Å²) in [7, 11) is 1.72. The molecule has 1 unspecified atom stereocenters. The molecular formula is C29H35N3O3. The van der Waals surface area contributed by atoms with Crippen LogP contribution >= 0.6 is 0 Å². The van der Waals surface area contributed by atoms with Crippen molar-refractivity contribution in [1.29, 1.82) is 0 Å². The van der Waals surface area contributed by atoms with Crippen molar-refractivity contribution in [1.82, 2.24) is 10.2 Å². The highest BCUT2D eigenvalue weighted by molar-refractivity contribution is 5.82. The first-order chi connectivity index (χ1) is 17.2. The Morgan fingerprint density at radius 2 is 1.54 bits per heavy atom. The lowest BCUT2D eigenvalue weighted by atomic mass is 10.1. The Balaban J connectivity index is 1.22. The number of carbonyl (C=O) groups excluding carboxylic acids is 1. The van der Waals surface area contributed by atoms with Gasteiger partial charge in [-0.1, -0.05) is 72.8 Å². The molecule has 184 valence electrons. The highest BCUT2D eigenvalue weighted by atomic mass is 16.5. The van der Waals surface area contributed by atoms with Crippen molar-refractivity contribution in [2.75, 3.05) is 51.3 Å². The van der Waals surface area contributed by atoms with E-state index < -0.39 is 6.10 Å². The van der Waals surface area contributed by atoms with Gasteiger partial charge >= 0.3 is 0 Å². The number of methoxy groups -OCH3 is 1. The number of amides is 1. The van der Waals surface area contributed by atoms with E-state index in [0.717, 1.165) is 61.7 Å². The molecule has 1 aliphatic rings. The smallest absolute Gasteiger partial charge is 0.253 e. The predicted molar refractivity (Wildman–Crippen MR) is 140 cm³/mol. The summed E-state index contributed by atoms with van der Waals surface area (Å²) < 4.78 is 11.6.